The number of nitrogens with one attached hydrogen (secondary N) is 1. The average Bonchev–Trinajstić information content (AvgIpc) is 2.38. The van der Waals surface area contributed by atoms with Crippen molar-refractivity contribution in [1.29, 1.82) is 0 Å². The summed E-state index contributed by atoms with van der Waals surface area (Å²) < 4.78 is 10.3. The summed E-state index contributed by atoms with van der Waals surface area (Å²) in [5.41, 5.74) is 0.894. The van der Waals surface area contributed by atoms with Gasteiger partial charge in [-0.15, -0.1) is 0 Å². The van der Waals surface area contributed by atoms with Crippen molar-refractivity contribution in [1.82, 2.24) is 5.32 Å². The molecule has 5 heteroatoms. The van der Waals surface area contributed by atoms with Crippen molar-refractivity contribution in [2.45, 2.75) is 13.0 Å². The lowest BCUT2D eigenvalue weighted by atomic mass is 10.1. The van der Waals surface area contributed by atoms with Gasteiger partial charge in [-0.3, -0.25) is 4.79 Å². The van der Waals surface area contributed by atoms with Crippen LogP contribution in [-0.2, 0) is 4.79 Å². The van der Waals surface area contributed by atoms with Crippen LogP contribution in [0.2, 0.25) is 0 Å². The molecule has 1 amide bonds. The van der Waals surface area contributed by atoms with Crippen LogP contribution in [0.15, 0.2) is 18.2 Å². The quantitative estimate of drug-likeness (QED) is 0.808. The number of carbonyl (C=O) groups excluding carboxylic acids is 1. The van der Waals surface area contributed by atoms with Gasteiger partial charge in [0, 0.05) is 0 Å². The highest BCUT2D eigenvalue weighted by atomic mass is 16.5. The molecule has 1 rings (SSSR count). The second kappa shape index (κ2) is 6.50. The van der Waals surface area contributed by atoms with Gasteiger partial charge in [-0.25, -0.2) is 6.57 Å². The van der Waals surface area contributed by atoms with Crippen LogP contribution in [-0.4, -0.2) is 26.7 Å². The summed E-state index contributed by atoms with van der Waals surface area (Å²) in [6.45, 7) is 8.32. The molecule has 0 aliphatic carbocycles. The molecular formula is C13H16N2O3. The van der Waals surface area contributed by atoms with Gasteiger partial charge in [-0.1, -0.05) is 6.07 Å². The van der Waals surface area contributed by atoms with Gasteiger partial charge < -0.3 is 19.6 Å². The highest BCUT2D eigenvalue weighted by Gasteiger charge is 2.13. The van der Waals surface area contributed by atoms with Gasteiger partial charge in [-0.2, -0.15) is 0 Å². The van der Waals surface area contributed by atoms with Crippen LogP contribution in [0.1, 0.15) is 18.5 Å². The predicted octanol–water partition coefficient (Wildman–Crippen LogP) is 1.80. The van der Waals surface area contributed by atoms with Gasteiger partial charge in [-0.05, 0) is 24.6 Å². The van der Waals surface area contributed by atoms with Crippen molar-refractivity contribution in [2.75, 3.05) is 20.8 Å². The Morgan fingerprint density at radius 2 is 2.06 bits per heavy atom. The molecule has 0 heterocycles. The fraction of sp³-hybridized carbons (Fsp3) is 0.385. The summed E-state index contributed by atoms with van der Waals surface area (Å²) >= 11 is 0. The number of nitrogens with zero attached hydrogens (tertiary/aromatic N) is 1. The Balaban J connectivity index is 2.83. The number of benzene rings is 1. The first-order valence-corrected chi connectivity index (χ1v) is 5.46. The molecule has 18 heavy (non-hydrogen) atoms. The van der Waals surface area contributed by atoms with E-state index in [-0.39, 0.29) is 18.5 Å². The number of hydrogen-bond acceptors (Lipinski definition) is 3. The molecule has 0 aromatic heterocycles. The van der Waals surface area contributed by atoms with E-state index >= 15 is 0 Å². The zero-order valence-electron chi connectivity index (χ0n) is 10.7. The number of carbonyl (C=O) groups is 1. The van der Waals surface area contributed by atoms with Crippen LogP contribution >= 0.6 is 0 Å². The smallest absolute Gasteiger partial charge is 0.300 e. The lowest BCUT2D eigenvalue weighted by Gasteiger charge is -2.15. The molecular weight excluding hydrogens is 232 g/mol. The fourth-order valence-corrected chi connectivity index (χ4v) is 1.56. The summed E-state index contributed by atoms with van der Waals surface area (Å²) in [5.74, 6) is 0.967. The minimum absolute atomic E-state index is 0.155. The standard InChI is InChI=1S/C13H16N2O3/c1-9(15-13(16)8-14-2)10-5-6-11(17-3)12(7-10)18-4/h5-7,9H,8H2,1,3-4H3,(H,15,16). The molecule has 1 aromatic rings. The Labute approximate surface area is 107 Å². The van der Waals surface area contributed by atoms with E-state index in [1.54, 1.807) is 20.3 Å². The molecule has 96 valence electrons. The van der Waals surface area contributed by atoms with Crippen molar-refractivity contribution in [3.8, 4) is 11.5 Å². The van der Waals surface area contributed by atoms with E-state index in [1.165, 1.54) is 0 Å². The molecule has 1 atom stereocenters. The molecule has 0 aliphatic rings. The average molecular weight is 248 g/mol. The van der Waals surface area contributed by atoms with Crippen LogP contribution in [0.25, 0.3) is 4.85 Å². The first kappa shape index (κ1) is 13.8. The minimum atomic E-state index is -0.285. The van der Waals surface area contributed by atoms with Gasteiger partial charge in [0.15, 0.2) is 11.5 Å². The Morgan fingerprint density at radius 1 is 1.39 bits per heavy atom. The van der Waals surface area contributed by atoms with Crippen molar-refractivity contribution in [3.05, 3.63) is 35.2 Å². The lowest BCUT2D eigenvalue weighted by Crippen LogP contribution is -2.28. The summed E-state index contributed by atoms with van der Waals surface area (Å²) in [5, 5.41) is 2.74. The van der Waals surface area contributed by atoms with E-state index in [0.717, 1.165) is 5.56 Å². The molecule has 0 radical (unpaired) electrons. The van der Waals surface area contributed by atoms with E-state index in [0.29, 0.717) is 11.5 Å². The Hall–Kier alpha value is -2.22. The van der Waals surface area contributed by atoms with Crippen LogP contribution < -0.4 is 14.8 Å². The van der Waals surface area contributed by atoms with E-state index in [1.807, 2.05) is 19.1 Å². The third-order valence-corrected chi connectivity index (χ3v) is 2.51. The monoisotopic (exact) mass is 248 g/mol. The van der Waals surface area contributed by atoms with E-state index in [9.17, 15) is 4.79 Å². The number of hydrogen-bond donors (Lipinski definition) is 1. The van der Waals surface area contributed by atoms with E-state index in [2.05, 4.69) is 10.2 Å². The SMILES string of the molecule is [C-]#[N+]CC(=O)NC(C)c1ccc(OC)c(OC)c1. The topological polar surface area (TPSA) is 51.9 Å². The van der Waals surface area contributed by atoms with Crippen LogP contribution in [0, 0.1) is 6.57 Å². The van der Waals surface area contributed by atoms with Crippen LogP contribution in [0.5, 0.6) is 11.5 Å². The van der Waals surface area contributed by atoms with Crippen molar-refractivity contribution in [3.63, 3.8) is 0 Å². The van der Waals surface area contributed by atoms with Crippen molar-refractivity contribution in [2.24, 2.45) is 0 Å². The summed E-state index contributed by atoms with van der Waals surface area (Å²) in [6.07, 6.45) is 0. The first-order valence-electron chi connectivity index (χ1n) is 5.46. The third-order valence-electron chi connectivity index (χ3n) is 2.51. The maximum Gasteiger partial charge on any atom is 0.300 e. The zero-order valence-corrected chi connectivity index (χ0v) is 10.7. The predicted molar refractivity (Wildman–Crippen MR) is 67.6 cm³/mol. The first-order chi connectivity index (χ1) is 8.62. The molecule has 0 saturated heterocycles. The zero-order chi connectivity index (χ0) is 13.5. The Bertz CT molecular complexity index is 466. The normalized spacial score (nSPS) is 11.2. The molecule has 0 aliphatic heterocycles. The second-order valence-corrected chi connectivity index (χ2v) is 3.72. The van der Waals surface area contributed by atoms with Gasteiger partial charge in [0.25, 0.3) is 6.54 Å². The maximum atomic E-state index is 11.3. The molecule has 0 fully saturated rings. The largest absolute Gasteiger partial charge is 0.493 e. The Kier molecular flexibility index (Phi) is 5.00. The van der Waals surface area contributed by atoms with E-state index in [4.69, 9.17) is 16.0 Å². The van der Waals surface area contributed by atoms with Gasteiger partial charge in [0.05, 0.1) is 20.3 Å². The number of methoxy groups -OCH3 is 2. The lowest BCUT2D eigenvalue weighted by molar-refractivity contribution is -0.119. The highest BCUT2D eigenvalue weighted by molar-refractivity contribution is 5.79. The van der Waals surface area contributed by atoms with Crippen molar-refractivity contribution >= 4 is 5.91 Å². The highest BCUT2D eigenvalue weighted by Crippen LogP contribution is 2.29. The van der Waals surface area contributed by atoms with Crippen LogP contribution in [0.4, 0.5) is 0 Å². The minimum Gasteiger partial charge on any atom is -0.493 e. The van der Waals surface area contributed by atoms with Gasteiger partial charge >= 0.3 is 5.91 Å². The van der Waals surface area contributed by atoms with Gasteiger partial charge in [0.2, 0.25) is 0 Å². The molecule has 1 unspecified atom stereocenters. The summed E-state index contributed by atoms with van der Waals surface area (Å²) in [7, 11) is 3.13. The molecule has 5 nitrogen and oxygen atoms in total. The number of amides is 1. The van der Waals surface area contributed by atoms with E-state index < -0.39 is 0 Å². The third kappa shape index (κ3) is 3.39. The maximum absolute atomic E-state index is 11.3. The summed E-state index contributed by atoms with van der Waals surface area (Å²) in [4.78, 5) is 14.4. The molecule has 0 bridgehead atoms. The van der Waals surface area contributed by atoms with Crippen molar-refractivity contribution < 1.29 is 14.3 Å². The molecule has 0 spiro atoms. The van der Waals surface area contributed by atoms with Crippen LogP contribution in [0.3, 0.4) is 0 Å². The summed E-state index contributed by atoms with van der Waals surface area (Å²) in [6, 6.07) is 5.26. The number of rotatable bonds is 5. The number of ether oxygens (including phenoxy) is 2. The Morgan fingerprint density at radius 3 is 2.61 bits per heavy atom. The molecule has 1 N–H and O–H groups in total. The fourth-order valence-electron chi connectivity index (χ4n) is 1.56. The second-order valence-electron chi connectivity index (χ2n) is 3.72. The van der Waals surface area contributed by atoms with Gasteiger partial charge in [0.1, 0.15) is 0 Å². The molecule has 0 saturated carbocycles. The molecule has 1 aromatic carbocycles.